The fourth-order valence-electron chi connectivity index (χ4n) is 2.92. The van der Waals surface area contributed by atoms with E-state index in [2.05, 4.69) is 15.0 Å². The van der Waals surface area contributed by atoms with Crippen molar-refractivity contribution in [2.24, 2.45) is 0 Å². The third-order valence-corrected chi connectivity index (χ3v) is 4.52. The molecule has 1 unspecified atom stereocenters. The summed E-state index contributed by atoms with van der Waals surface area (Å²) in [7, 11) is 0. The Morgan fingerprint density at radius 3 is 2.16 bits per heavy atom. The van der Waals surface area contributed by atoms with Crippen LogP contribution in [-0.4, -0.2) is 47.2 Å². The molecule has 2 heterocycles. The van der Waals surface area contributed by atoms with Crippen LogP contribution in [-0.2, 0) is 9.59 Å². The van der Waals surface area contributed by atoms with Gasteiger partial charge >= 0.3 is 18.5 Å². The summed E-state index contributed by atoms with van der Waals surface area (Å²) >= 11 is 0. The van der Waals surface area contributed by atoms with Gasteiger partial charge in [-0.25, -0.2) is 4.79 Å². The maximum atomic E-state index is 12.9. The molecular weight excluding hydrogens is 514 g/mol. The van der Waals surface area contributed by atoms with Gasteiger partial charge in [0, 0.05) is 12.4 Å². The molecular formula is C23H16F6N2O6. The number of ether oxygens (including phenoxy) is 3. The molecule has 14 heteroatoms. The van der Waals surface area contributed by atoms with Gasteiger partial charge in [-0.05, 0) is 47.5 Å². The van der Waals surface area contributed by atoms with Crippen molar-refractivity contribution in [2.45, 2.75) is 18.6 Å². The number of anilines is 1. The van der Waals surface area contributed by atoms with Crippen molar-refractivity contribution in [1.29, 1.82) is 0 Å². The second-order valence-electron chi connectivity index (χ2n) is 7.15. The summed E-state index contributed by atoms with van der Waals surface area (Å²) in [6.07, 6.45) is -8.00. The van der Waals surface area contributed by atoms with Crippen molar-refractivity contribution in [2.75, 3.05) is 11.9 Å². The first-order valence-electron chi connectivity index (χ1n) is 10.1. The molecule has 0 bridgehead atoms. The van der Waals surface area contributed by atoms with E-state index in [1.807, 2.05) is 0 Å². The van der Waals surface area contributed by atoms with E-state index in [1.54, 1.807) is 42.5 Å². The first kappa shape index (κ1) is 27.1. The van der Waals surface area contributed by atoms with Crippen molar-refractivity contribution in [3.05, 3.63) is 67.0 Å². The molecule has 0 saturated heterocycles. The molecule has 8 nitrogen and oxygen atoms in total. The number of hydrogen-bond donors (Lipinski definition) is 2. The van der Waals surface area contributed by atoms with E-state index in [0.29, 0.717) is 22.6 Å². The second-order valence-corrected chi connectivity index (χ2v) is 7.15. The number of para-hydroxylation sites is 2. The fraction of sp³-hybridized carbons (Fsp3) is 0.174. The van der Waals surface area contributed by atoms with Crippen molar-refractivity contribution in [3.63, 3.8) is 0 Å². The second kappa shape index (κ2) is 11.1. The average Bonchev–Trinajstić information content (AvgIpc) is 2.84. The molecule has 1 aromatic heterocycles. The van der Waals surface area contributed by atoms with Crippen LogP contribution >= 0.6 is 0 Å². The molecule has 0 radical (unpaired) electrons. The van der Waals surface area contributed by atoms with E-state index in [-0.39, 0.29) is 12.3 Å². The first-order valence-corrected chi connectivity index (χ1v) is 10.1. The summed E-state index contributed by atoms with van der Waals surface area (Å²) in [4.78, 5) is 25.4. The van der Waals surface area contributed by atoms with Gasteiger partial charge in [0.25, 0.3) is 5.91 Å². The Balaban J connectivity index is 0.000000479. The normalized spacial score (nSPS) is 14.6. The number of halogens is 6. The molecule has 1 aliphatic rings. The molecule has 196 valence electrons. The summed E-state index contributed by atoms with van der Waals surface area (Å²) in [6, 6.07) is 14.2. The Hall–Kier alpha value is -4.49. The largest absolute Gasteiger partial charge is 0.573 e. The maximum Gasteiger partial charge on any atom is 0.573 e. The number of amides is 1. The number of rotatable bonds is 4. The third-order valence-electron chi connectivity index (χ3n) is 4.52. The molecule has 0 aliphatic carbocycles. The fourth-order valence-corrected chi connectivity index (χ4v) is 2.92. The van der Waals surface area contributed by atoms with Gasteiger partial charge < -0.3 is 24.6 Å². The minimum Gasteiger partial charge on any atom is -0.485 e. The predicted octanol–water partition coefficient (Wildman–Crippen LogP) is 5.06. The molecule has 4 rings (SSSR count). The molecule has 1 amide bonds. The van der Waals surface area contributed by atoms with Crippen molar-refractivity contribution < 1.29 is 55.2 Å². The highest BCUT2D eigenvalue weighted by molar-refractivity contribution is 5.96. The average molecular weight is 530 g/mol. The number of nitrogens with zero attached hydrogens (tertiary/aromatic N) is 1. The van der Waals surface area contributed by atoms with Crippen LogP contribution in [0, 0.1) is 0 Å². The standard InChI is InChI=1S/C21H15F3N2O4.C2HF3O2/c22-21(23,24)30-18-11-14(13-7-9-25-10-8-13)5-6-15(18)26-20(27)19-12-28-16-3-1-2-4-17(16)29-19;3-2(4,5)1(6)7/h1-11,19H,12H2,(H,26,27);(H,6,7). The third kappa shape index (κ3) is 7.75. The van der Waals surface area contributed by atoms with Crippen LogP contribution in [0.3, 0.4) is 0 Å². The van der Waals surface area contributed by atoms with Crippen LogP contribution in [0.4, 0.5) is 32.0 Å². The summed E-state index contributed by atoms with van der Waals surface area (Å²) in [6.45, 7) is -0.0760. The smallest absolute Gasteiger partial charge is 0.485 e. The lowest BCUT2D eigenvalue weighted by Gasteiger charge is -2.26. The predicted molar refractivity (Wildman–Crippen MR) is 115 cm³/mol. The Morgan fingerprint density at radius 2 is 1.57 bits per heavy atom. The summed E-state index contributed by atoms with van der Waals surface area (Å²) < 4.78 is 85.7. The zero-order chi connectivity index (χ0) is 27.2. The van der Waals surface area contributed by atoms with Gasteiger partial charge in [0.2, 0.25) is 6.10 Å². The van der Waals surface area contributed by atoms with Gasteiger partial charge in [-0.15, -0.1) is 13.2 Å². The van der Waals surface area contributed by atoms with E-state index in [1.165, 1.54) is 24.5 Å². The number of carboxylic acids is 1. The van der Waals surface area contributed by atoms with Crippen LogP contribution in [0.1, 0.15) is 0 Å². The highest BCUT2D eigenvalue weighted by Gasteiger charge is 2.38. The summed E-state index contributed by atoms with van der Waals surface area (Å²) in [5.74, 6) is -3.09. The van der Waals surface area contributed by atoms with Crippen molar-refractivity contribution >= 4 is 17.6 Å². The number of fused-ring (bicyclic) bond motifs is 1. The number of hydrogen-bond acceptors (Lipinski definition) is 6. The highest BCUT2D eigenvalue weighted by atomic mass is 19.4. The molecule has 0 spiro atoms. The number of benzene rings is 2. The minimum atomic E-state index is -5.08. The zero-order valence-corrected chi connectivity index (χ0v) is 18.3. The molecule has 1 aliphatic heterocycles. The number of alkyl halides is 6. The maximum absolute atomic E-state index is 12.9. The van der Waals surface area contributed by atoms with Crippen LogP contribution in [0.15, 0.2) is 67.0 Å². The lowest BCUT2D eigenvalue weighted by Crippen LogP contribution is -2.40. The van der Waals surface area contributed by atoms with E-state index >= 15 is 0 Å². The monoisotopic (exact) mass is 530 g/mol. The number of carboxylic acid groups (broad SMARTS) is 1. The van der Waals surface area contributed by atoms with Gasteiger partial charge in [-0.3, -0.25) is 9.78 Å². The van der Waals surface area contributed by atoms with Gasteiger partial charge in [-0.1, -0.05) is 18.2 Å². The molecule has 2 aromatic carbocycles. The molecule has 1 atom stereocenters. The Bertz CT molecular complexity index is 1250. The first-order chi connectivity index (χ1) is 17.3. The highest BCUT2D eigenvalue weighted by Crippen LogP contribution is 2.35. The Kier molecular flexibility index (Phi) is 8.10. The van der Waals surface area contributed by atoms with Gasteiger partial charge in [0.15, 0.2) is 17.2 Å². The van der Waals surface area contributed by atoms with Crippen molar-refractivity contribution in [1.82, 2.24) is 4.98 Å². The Labute approximate surface area is 204 Å². The van der Waals surface area contributed by atoms with E-state index in [4.69, 9.17) is 19.4 Å². The quantitative estimate of drug-likeness (QED) is 0.454. The van der Waals surface area contributed by atoms with Crippen LogP contribution in [0.5, 0.6) is 17.2 Å². The van der Waals surface area contributed by atoms with Gasteiger partial charge in [0.1, 0.15) is 6.61 Å². The van der Waals surface area contributed by atoms with Gasteiger partial charge in [0.05, 0.1) is 5.69 Å². The lowest BCUT2D eigenvalue weighted by molar-refractivity contribution is -0.274. The number of aromatic nitrogens is 1. The van der Waals surface area contributed by atoms with E-state index in [0.717, 1.165) is 0 Å². The topological polar surface area (TPSA) is 107 Å². The SMILES string of the molecule is O=C(Nc1ccc(-c2ccncc2)cc1OC(F)(F)F)C1COc2ccccc2O1.O=C(O)C(F)(F)F. The number of nitrogens with one attached hydrogen (secondary N) is 1. The van der Waals surface area contributed by atoms with E-state index in [9.17, 15) is 31.1 Å². The van der Waals surface area contributed by atoms with Crippen LogP contribution in [0.25, 0.3) is 11.1 Å². The van der Waals surface area contributed by atoms with Crippen LogP contribution in [0.2, 0.25) is 0 Å². The summed E-state index contributed by atoms with van der Waals surface area (Å²) in [5, 5.41) is 9.56. The number of aliphatic carboxylic acids is 1. The van der Waals surface area contributed by atoms with Crippen LogP contribution < -0.4 is 19.5 Å². The number of carbonyl (C=O) groups excluding carboxylic acids is 1. The Morgan fingerprint density at radius 1 is 0.946 bits per heavy atom. The molecule has 2 N–H and O–H groups in total. The molecule has 37 heavy (non-hydrogen) atoms. The summed E-state index contributed by atoms with van der Waals surface area (Å²) in [5.41, 5.74) is 0.980. The number of pyridine rings is 1. The van der Waals surface area contributed by atoms with Crippen molar-refractivity contribution in [3.8, 4) is 28.4 Å². The molecule has 0 saturated carbocycles. The zero-order valence-electron chi connectivity index (χ0n) is 18.3. The number of carbonyl (C=O) groups is 2. The van der Waals surface area contributed by atoms with E-state index < -0.39 is 36.3 Å². The van der Waals surface area contributed by atoms with Gasteiger partial charge in [-0.2, -0.15) is 13.2 Å². The molecule has 0 fully saturated rings. The lowest BCUT2D eigenvalue weighted by atomic mass is 10.1. The minimum absolute atomic E-state index is 0.0760. The molecule has 3 aromatic rings.